The van der Waals surface area contributed by atoms with E-state index in [-0.39, 0.29) is 0 Å². The third-order valence-corrected chi connectivity index (χ3v) is 4.15. The van der Waals surface area contributed by atoms with Crippen molar-refractivity contribution in [3.63, 3.8) is 0 Å². The van der Waals surface area contributed by atoms with Gasteiger partial charge < -0.3 is 4.90 Å². The molecule has 0 bridgehead atoms. The quantitative estimate of drug-likeness (QED) is 0.815. The zero-order valence-corrected chi connectivity index (χ0v) is 11.3. The zero-order valence-electron chi connectivity index (χ0n) is 11.3. The molecule has 0 spiro atoms. The molecule has 3 heteroatoms. The van der Waals surface area contributed by atoms with Crippen molar-refractivity contribution < 1.29 is 0 Å². The monoisotopic (exact) mass is 243 g/mol. The van der Waals surface area contributed by atoms with Crippen molar-refractivity contribution in [1.29, 1.82) is 5.26 Å². The minimum absolute atomic E-state index is 0.697. The normalized spacial score (nSPS) is 19.2. The van der Waals surface area contributed by atoms with Gasteiger partial charge in [-0.25, -0.2) is 4.98 Å². The molecular weight excluding hydrogens is 222 g/mol. The van der Waals surface area contributed by atoms with Gasteiger partial charge >= 0.3 is 0 Å². The molecule has 1 aliphatic heterocycles. The summed E-state index contributed by atoms with van der Waals surface area (Å²) in [5.41, 5.74) is 0.697. The fraction of sp³-hybridized carbons (Fsp3) is 0.600. The maximum Gasteiger partial charge on any atom is 0.146 e. The van der Waals surface area contributed by atoms with Gasteiger partial charge in [0.15, 0.2) is 0 Å². The lowest BCUT2D eigenvalue weighted by atomic mass is 9.87. The molecule has 2 heterocycles. The summed E-state index contributed by atoms with van der Waals surface area (Å²) in [4.78, 5) is 6.66. The van der Waals surface area contributed by atoms with E-state index in [0.717, 1.165) is 30.7 Å². The maximum absolute atomic E-state index is 9.13. The molecule has 1 aromatic rings. The number of anilines is 1. The third-order valence-electron chi connectivity index (χ3n) is 4.15. The minimum atomic E-state index is 0.697. The van der Waals surface area contributed by atoms with Crippen LogP contribution in [0, 0.1) is 23.2 Å². The van der Waals surface area contributed by atoms with Crippen molar-refractivity contribution >= 4 is 5.82 Å². The van der Waals surface area contributed by atoms with E-state index in [4.69, 9.17) is 5.26 Å². The van der Waals surface area contributed by atoms with E-state index in [9.17, 15) is 0 Å². The molecule has 1 fully saturated rings. The summed E-state index contributed by atoms with van der Waals surface area (Å²) >= 11 is 0. The molecule has 2 rings (SSSR count). The van der Waals surface area contributed by atoms with Gasteiger partial charge in [-0.3, -0.25) is 0 Å². The maximum atomic E-state index is 9.13. The molecule has 1 aliphatic rings. The predicted molar refractivity (Wildman–Crippen MR) is 73.3 cm³/mol. The third kappa shape index (κ3) is 2.48. The van der Waals surface area contributed by atoms with Gasteiger partial charge in [0.25, 0.3) is 0 Å². The number of aromatic nitrogens is 1. The second-order valence-corrected chi connectivity index (χ2v) is 5.06. The van der Waals surface area contributed by atoms with Crippen LogP contribution in [0.3, 0.4) is 0 Å². The number of hydrogen-bond acceptors (Lipinski definition) is 3. The highest BCUT2D eigenvalue weighted by atomic mass is 15.2. The van der Waals surface area contributed by atoms with Gasteiger partial charge in [-0.1, -0.05) is 26.7 Å². The number of nitrogens with zero attached hydrogens (tertiary/aromatic N) is 3. The first kappa shape index (κ1) is 12.9. The summed E-state index contributed by atoms with van der Waals surface area (Å²) in [7, 11) is 0. The van der Waals surface area contributed by atoms with Crippen molar-refractivity contribution in [1.82, 2.24) is 4.98 Å². The smallest absolute Gasteiger partial charge is 0.146 e. The molecule has 0 saturated carbocycles. The molecule has 96 valence electrons. The van der Waals surface area contributed by atoms with Crippen LogP contribution >= 0.6 is 0 Å². The fourth-order valence-electron chi connectivity index (χ4n) is 3.06. The Bertz CT molecular complexity index is 432. The summed E-state index contributed by atoms with van der Waals surface area (Å²) in [5, 5.41) is 9.13. The van der Waals surface area contributed by atoms with Crippen molar-refractivity contribution in [2.24, 2.45) is 11.8 Å². The molecule has 0 amide bonds. The van der Waals surface area contributed by atoms with Gasteiger partial charge in [0.1, 0.15) is 11.9 Å². The number of rotatable bonds is 4. The van der Waals surface area contributed by atoms with Crippen LogP contribution in [-0.4, -0.2) is 18.1 Å². The van der Waals surface area contributed by atoms with Crippen LogP contribution in [0.15, 0.2) is 18.3 Å². The Morgan fingerprint density at radius 2 is 2.28 bits per heavy atom. The highest BCUT2D eigenvalue weighted by molar-refractivity contribution is 5.54. The van der Waals surface area contributed by atoms with Crippen LogP contribution in [0.25, 0.3) is 0 Å². The molecule has 0 aliphatic carbocycles. The highest BCUT2D eigenvalue weighted by Gasteiger charge is 2.29. The first-order valence-electron chi connectivity index (χ1n) is 6.90. The lowest BCUT2D eigenvalue weighted by Crippen LogP contribution is -2.24. The Hall–Kier alpha value is -1.56. The van der Waals surface area contributed by atoms with E-state index >= 15 is 0 Å². The second-order valence-electron chi connectivity index (χ2n) is 5.06. The molecule has 1 saturated heterocycles. The average molecular weight is 243 g/mol. The van der Waals surface area contributed by atoms with Crippen LogP contribution in [-0.2, 0) is 0 Å². The van der Waals surface area contributed by atoms with Crippen LogP contribution in [0.5, 0.6) is 0 Å². The van der Waals surface area contributed by atoms with Crippen LogP contribution < -0.4 is 4.90 Å². The van der Waals surface area contributed by atoms with E-state index in [0.29, 0.717) is 5.56 Å². The van der Waals surface area contributed by atoms with Crippen molar-refractivity contribution in [3.8, 4) is 6.07 Å². The van der Waals surface area contributed by atoms with E-state index < -0.39 is 0 Å². The number of nitriles is 1. The topological polar surface area (TPSA) is 39.9 Å². The Kier molecular flexibility index (Phi) is 4.19. The van der Waals surface area contributed by atoms with Gasteiger partial charge in [0.05, 0.1) is 5.56 Å². The predicted octanol–water partition coefficient (Wildman–Crippen LogP) is 3.22. The SMILES string of the molecule is CCC(CC)C1CCN(c2ncccc2C#N)C1. The Morgan fingerprint density at radius 1 is 1.50 bits per heavy atom. The van der Waals surface area contributed by atoms with Crippen molar-refractivity contribution in [3.05, 3.63) is 23.9 Å². The van der Waals surface area contributed by atoms with E-state index in [1.54, 1.807) is 6.20 Å². The largest absolute Gasteiger partial charge is 0.355 e. The summed E-state index contributed by atoms with van der Waals surface area (Å²) in [6.45, 7) is 6.64. The lowest BCUT2D eigenvalue weighted by Gasteiger charge is -2.22. The summed E-state index contributed by atoms with van der Waals surface area (Å²) in [5.74, 6) is 2.44. The van der Waals surface area contributed by atoms with Gasteiger partial charge in [0.2, 0.25) is 0 Å². The summed E-state index contributed by atoms with van der Waals surface area (Å²) in [6, 6.07) is 5.92. The Balaban J connectivity index is 2.11. The number of hydrogen-bond donors (Lipinski definition) is 0. The molecular formula is C15H21N3. The molecule has 1 unspecified atom stereocenters. The van der Waals surface area contributed by atoms with Gasteiger partial charge in [0, 0.05) is 19.3 Å². The summed E-state index contributed by atoms with van der Waals surface area (Å²) in [6.07, 6.45) is 5.51. The van der Waals surface area contributed by atoms with Crippen molar-refractivity contribution in [2.45, 2.75) is 33.1 Å². The van der Waals surface area contributed by atoms with E-state index in [1.165, 1.54) is 19.3 Å². The van der Waals surface area contributed by atoms with Crippen LogP contribution in [0.2, 0.25) is 0 Å². The average Bonchev–Trinajstić information content (AvgIpc) is 2.89. The standard InChI is InChI=1S/C15H21N3/c1-3-12(4-2)14-7-9-18(11-14)15-13(10-16)6-5-8-17-15/h5-6,8,12,14H,3-4,7,9,11H2,1-2H3. The first-order chi connectivity index (χ1) is 8.80. The molecule has 1 atom stereocenters. The van der Waals surface area contributed by atoms with Gasteiger partial charge in [-0.05, 0) is 30.4 Å². The zero-order chi connectivity index (χ0) is 13.0. The summed E-state index contributed by atoms with van der Waals surface area (Å²) < 4.78 is 0. The molecule has 0 radical (unpaired) electrons. The van der Waals surface area contributed by atoms with E-state index in [1.807, 2.05) is 12.1 Å². The minimum Gasteiger partial charge on any atom is -0.355 e. The highest BCUT2D eigenvalue weighted by Crippen LogP contribution is 2.31. The van der Waals surface area contributed by atoms with Gasteiger partial charge in [-0.2, -0.15) is 5.26 Å². The molecule has 0 N–H and O–H groups in total. The number of pyridine rings is 1. The van der Waals surface area contributed by atoms with E-state index in [2.05, 4.69) is 29.8 Å². The molecule has 1 aromatic heterocycles. The molecule has 3 nitrogen and oxygen atoms in total. The lowest BCUT2D eigenvalue weighted by molar-refractivity contribution is 0.339. The Morgan fingerprint density at radius 3 is 2.94 bits per heavy atom. The second kappa shape index (κ2) is 5.86. The molecule has 0 aromatic carbocycles. The van der Waals surface area contributed by atoms with Crippen molar-refractivity contribution in [2.75, 3.05) is 18.0 Å². The first-order valence-corrected chi connectivity index (χ1v) is 6.90. The Labute approximate surface area is 109 Å². The molecule has 18 heavy (non-hydrogen) atoms. The fourth-order valence-corrected chi connectivity index (χ4v) is 3.06. The van der Waals surface area contributed by atoms with Gasteiger partial charge in [-0.15, -0.1) is 0 Å². The van der Waals surface area contributed by atoms with Crippen LogP contribution in [0.4, 0.5) is 5.82 Å². The van der Waals surface area contributed by atoms with Crippen LogP contribution in [0.1, 0.15) is 38.7 Å².